The summed E-state index contributed by atoms with van der Waals surface area (Å²) in [7, 11) is 1.40. The Balaban J connectivity index is 0.00000117. The van der Waals surface area contributed by atoms with E-state index in [0.717, 1.165) is 22.2 Å². The van der Waals surface area contributed by atoms with Crippen molar-refractivity contribution in [3.63, 3.8) is 0 Å². The summed E-state index contributed by atoms with van der Waals surface area (Å²) >= 11 is 0. The summed E-state index contributed by atoms with van der Waals surface area (Å²) in [5, 5.41) is 1.06. The highest BCUT2D eigenvalue weighted by Gasteiger charge is 2.54. The van der Waals surface area contributed by atoms with Gasteiger partial charge in [-0.05, 0) is 46.9 Å². The molecule has 1 fully saturated rings. The molecule has 1 aliphatic rings. The molecule has 29 heavy (non-hydrogen) atoms. The van der Waals surface area contributed by atoms with Gasteiger partial charge in [-0.3, -0.25) is 0 Å². The SMILES string of the molecule is CC.COC(=O)C1(Oc2ccc3[nH]c(-c4cccc(C(C)(C)C)c4)cc3c2)CC1. The number of hydrogen-bond donors (Lipinski definition) is 1. The molecule has 154 valence electrons. The van der Waals surface area contributed by atoms with E-state index in [1.54, 1.807) is 0 Å². The minimum Gasteiger partial charge on any atom is -0.476 e. The summed E-state index contributed by atoms with van der Waals surface area (Å²) < 4.78 is 10.8. The van der Waals surface area contributed by atoms with Gasteiger partial charge in [-0.2, -0.15) is 0 Å². The number of H-pyrrole nitrogens is 1. The molecule has 0 atom stereocenters. The van der Waals surface area contributed by atoms with Crippen LogP contribution in [0.25, 0.3) is 22.2 Å². The predicted molar refractivity (Wildman–Crippen MR) is 118 cm³/mol. The average Bonchev–Trinajstić information content (AvgIpc) is 3.37. The van der Waals surface area contributed by atoms with E-state index in [1.165, 1.54) is 12.7 Å². The van der Waals surface area contributed by atoms with Crippen LogP contribution in [-0.2, 0) is 14.9 Å². The highest BCUT2D eigenvalue weighted by atomic mass is 16.6. The first kappa shape index (κ1) is 21.0. The van der Waals surface area contributed by atoms with Crippen molar-refractivity contribution in [3.05, 3.63) is 54.1 Å². The summed E-state index contributed by atoms with van der Waals surface area (Å²) in [5.41, 5.74) is 3.90. The van der Waals surface area contributed by atoms with Gasteiger partial charge in [-0.1, -0.05) is 52.8 Å². The highest BCUT2D eigenvalue weighted by molar-refractivity contribution is 5.88. The first-order valence-corrected chi connectivity index (χ1v) is 10.3. The summed E-state index contributed by atoms with van der Waals surface area (Å²) in [6.07, 6.45) is 1.41. The number of hydrogen-bond acceptors (Lipinski definition) is 3. The zero-order valence-electron chi connectivity index (χ0n) is 18.3. The first-order valence-electron chi connectivity index (χ1n) is 10.3. The number of esters is 1. The number of fused-ring (bicyclic) bond motifs is 1. The van der Waals surface area contributed by atoms with Gasteiger partial charge in [0.25, 0.3) is 0 Å². The van der Waals surface area contributed by atoms with E-state index >= 15 is 0 Å². The molecule has 0 aliphatic heterocycles. The van der Waals surface area contributed by atoms with Gasteiger partial charge in [-0.15, -0.1) is 0 Å². The Hall–Kier alpha value is -2.75. The molecule has 0 bridgehead atoms. The van der Waals surface area contributed by atoms with Crippen LogP contribution in [0.15, 0.2) is 48.5 Å². The van der Waals surface area contributed by atoms with Crippen molar-refractivity contribution < 1.29 is 14.3 Å². The van der Waals surface area contributed by atoms with E-state index < -0.39 is 5.60 Å². The van der Waals surface area contributed by atoms with Crippen LogP contribution < -0.4 is 4.74 Å². The van der Waals surface area contributed by atoms with Crippen LogP contribution in [-0.4, -0.2) is 23.7 Å². The lowest BCUT2D eigenvalue weighted by Crippen LogP contribution is -2.30. The summed E-state index contributed by atoms with van der Waals surface area (Å²) in [4.78, 5) is 15.4. The standard InChI is InChI=1S/C23H25NO3.C2H6/c1-22(2,3)17-7-5-6-15(12-17)20-14-16-13-18(8-9-19(16)24-20)27-23(10-11-23)21(25)26-4;1-2/h5-9,12-14,24H,10-11H2,1-4H3;1-2H3. The van der Waals surface area contributed by atoms with Gasteiger partial charge in [-0.25, -0.2) is 4.79 Å². The molecule has 4 nitrogen and oxygen atoms in total. The lowest BCUT2D eigenvalue weighted by molar-refractivity contribution is -0.151. The average molecular weight is 394 g/mol. The number of nitrogens with one attached hydrogen (secondary N) is 1. The number of benzene rings is 2. The van der Waals surface area contributed by atoms with Gasteiger partial charge in [0.2, 0.25) is 5.60 Å². The van der Waals surface area contributed by atoms with E-state index in [-0.39, 0.29) is 11.4 Å². The Labute approximate surface area is 173 Å². The normalized spacial score (nSPS) is 14.7. The van der Waals surface area contributed by atoms with Gasteiger partial charge < -0.3 is 14.5 Å². The molecule has 0 radical (unpaired) electrons. The Morgan fingerprint density at radius 1 is 1.03 bits per heavy atom. The highest BCUT2D eigenvalue weighted by Crippen LogP contribution is 2.42. The molecule has 4 heteroatoms. The quantitative estimate of drug-likeness (QED) is 0.534. The number of rotatable bonds is 4. The van der Waals surface area contributed by atoms with E-state index in [9.17, 15) is 4.79 Å². The Morgan fingerprint density at radius 2 is 1.76 bits per heavy atom. The molecular weight excluding hydrogens is 362 g/mol. The topological polar surface area (TPSA) is 51.3 Å². The molecule has 1 N–H and O–H groups in total. The Kier molecular flexibility index (Phi) is 5.74. The molecule has 2 aromatic carbocycles. The maximum atomic E-state index is 11.9. The minimum absolute atomic E-state index is 0.107. The third-order valence-corrected chi connectivity index (χ3v) is 5.21. The van der Waals surface area contributed by atoms with Crippen molar-refractivity contribution in [2.75, 3.05) is 7.11 Å². The number of aromatic nitrogens is 1. The van der Waals surface area contributed by atoms with Crippen LogP contribution in [0.3, 0.4) is 0 Å². The number of aromatic amines is 1. The fraction of sp³-hybridized carbons (Fsp3) is 0.400. The van der Waals surface area contributed by atoms with Crippen molar-refractivity contribution in [1.82, 2.24) is 4.98 Å². The first-order chi connectivity index (χ1) is 13.8. The van der Waals surface area contributed by atoms with Crippen LogP contribution in [0.4, 0.5) is 0 Å². The molecule has 0 amide bonds. The third kappa shape index (κ3) is 4.31. The van der Waals surface area contributed by atoms with E-state index in [1.807, 2.05) is 32.0 Å². The summed E-state index contributed by atoms with van der Waals surface area (Å²) in [5.74, 6) is 0.399. The predicted octanol–water partition coefficient (Wildman–Crippen LogP) is 6.24. The zero-order valence-corrected chi connectivity index (χ0v) is 18.3. The van der Waals surface area contributed by atoms with Crippen LogP contribution in [0.1, 0.15) is 53.0 Å². The smallest absolute Gasteiger partial charge is 0.350 e. The van der Waals surface area contributed by atoms with E-state index in [0.29, 0.717) is 18.6 Å². The number of carbonyl (C=O) groups excluding carboxylic acids is 1. The second-order valence-electron chi connectivity index (χ2n) is 8.35. The molecule has 1 aromatic heterocycles. The van der Waals surface area contributed by atoms with Crippen molar-refractivity contribution in [2.45, 2.75) is 58.5 Å². The summed E-state index contributed by atoms with van der Waals surface area (Å²) in [6, 6.07) is 16.6. The van der Waals surface area contributed by atoms with Gasteiger partial charge >= 0.3 is 5.97 Å². The maximum absolute atomic E-state index is 11.9. The second-order valence-corrected chi connectivity index (χ2v) is 8.35. The van der Waals surface area contributed by atoms with Gasteiger partial charge in [0.15, 0.2) is 0 Å². The molecule has 1 heterocycles. The Bertz CT molecular complexity index is 1010. The largest absolute Gasteiger partial charge is 0.476 e. The Morgan fingerprint density at radius 3 is 2.38 bits per heavy atom. The summed E-state index contributed by atoms with van der Waals surface area (Å²) in [6.45, 7) is 10.7. The van der Waals surface area contributed by atoms with Crippen molar-refractivity contribution in [2.24, 2.45) is 0 Å². The zero-order chi connectivity index (χ0) is 21.2. The number of methoxy groups -OCH3 is 1. The van der Waals surface area contributed by atoms with Crippen LogP contribution >= 0.6 is 0 Å². The molecule has 0 spiro atoms. The van der Waals surface area contributed by atoms with E-state index in [4.69, 9.17) is 9.47 Å². The lowest BCUT2D eigenvalue weighted by Gasteiger charge is -2.19. The molecule has 1 saturated carbocycles. The molecule has 0 unspecified atom stereocenters. The van der Waals surface area contributed by atoms with Crippen molar-refractivity contribution >= 4 is 16.9 Å². The molecule has 1 aliphatic carbocycles. The fourth-order valence-corrected chi connectivity index (χ4v) is 3.36. The number of ether oxygens (including phenoxy) is 2. The van der Waals surface area contributed by atoms with Gasteiger partial charge in [0, 0.05) is 29.4 Å². The second kappa shape index (κ2) is 7.94. The van der Waals surface area contributed by atoms with Gasteiger partial charge in [0.05, 0.1) is 7.11 Å². The molecule has 0 saturated heterocycles. The van der Waals surface area contributed by atoms with Crippen LogP contribution in [0.5, 0.6) is 5.75 Å². The monoisotopic (exact) mass is 393 g/mol. The van der Waals surface area contributed by atoms with Crippen LogP contribution in [0.2, 0.25) is 0 Å². The maximum Gasteiger partial charge on any atom is 0.350 e. The van der Waals surface area contributed by atoms with Gasteiger partial charge in [0.1, 0.15) is 5.75 Å². The van der Waals surface area contributed by atoms with Crippen molar-refractivity contribution in [3.8, 4) is 17.0 Å². The lowest BCUT2D eigenvalue weighted by atomic mass is 9.86. The fourth-order valence-electron chi connectivity index (χ4n) is 3.36. The van der Waals surface area contributed by atoms with E-state index in [2.05, 4.69) is 56.1 Å². The molecular formula is C25H31NO3. The third-order valence-electron chi connectivity index (χ3n) is 5.21. The van der Waals surface area contributed by atoms with Crippen LogP contribution in [0, 0.1) is 0 Å². The number of carbonyl (C=O) groups is 1. The minimum atomic E-state index is -0.789. The molecule has 3 aromatic rings. The van der Waals surface area contributed by atoms with Crippen molar-refractivity contribution in [1.29, 1.82) is 0 Å². The molecule has 4 rings (SSSR count).